The standard InChI is InChI=1S/2C13H10N4S3.Pt/c2*18-11-12(19)17(10-4-2-6-15-8-10)13(20)16(11)9-3-1-5-14-7-9;/h2*1-8,18-19H;/q;;+4/p-4. The Morgan fingerprint density at radius 2 is 0.659 bits per heavy atom. The van der Waals surface area contributed by atoms with Crippen molar-refractivity contribution in [3.63, 3.8) is 0 Å². The molecule has 0 radical (unpaired) electrons. The largest absolute Gasteiger partial charge is 4.00 e. The van der Waals surface area contributed by atoms with Crippen LogP contribution in [-0.2, 0) is 71.6 Å². The van der Waals surface area contributed by atoms with Crippen LogP contribution in [0.1, 0.15) is 0 Å². The first-order valence-corrected chi connectivity index (χ1v) is 13.9. The minimum atomic E-state index is 0. The topological polar surface area (TPSA) is 71.3 Å². The van der Waals surface area contributed by atoms with Crippen LogP contribution in [0, 0.1) is 9.54 Å². The van der Waals surface area contributed by atoms with Gasteiger partial charge in [-0.3, -0.25) is 19.9 Å². The Hall–Kier alpha value is -2.97. The second kappa shape index (κ2) is 13.8. The minimum Gasteiger partial charge on any atom is -0.762 e. The average Bonchev–Trinajstić information content (AvgIpc) is 3.36. The quantitative estimate of drug-likeness (QED) is 0.175. The molecule has 0 aliphatic heterocycles. The van der Waals surface area contributed by atoms with Crippen molar-refractivity contribution in [1.82, 2.24) is 38.2 Å². The summed E-state index contributed by atoms with van der Waals surface area (Å²) in [6, 6.07) is 14.9. The summed E-state index contributed by atoms with van der Waals surface area (Å²) in [6.07, 6.45) is 13.6. The Kier molecular flexibility index (Phi) is 10.4. The third-order valence-corrected chi connectivity index (χ3v) is 8.05. The van der Waals surface area contributed by atoms with Gasteiger partial charge in [-0.05, 0) is 73.0 Å². The molecule has 6 heterocycles. The number of hydrogen-bond donors (Lipinski definition) is 0. The number of nitrogens with zero attached hydrogens (tertiary/aromatic N) is 8. The second-order valence-electron chi connectivity index (χ2n) is 7.97. The third-order valence-electron chi connectivity index (χ3n) is 5.56. The van der Waals surface area contributed by atoms with Crippen LogP contribution >= 0.6 is 24.4 Å². The Morgan fingerprint density at radius 1 is 0.439 bits per heavy atom. The summed E-state index contributed by atoms with van der Waals surface area (Å²) in [5.41, 5.74) is 3.21. The number of pyridine rings is 4. The van der Waals surface area contributed by atoms with E-state index in [-0.39, 0.29) is 21.1 Å². The van der Waals surface area contributed by atoms with E-state index < -0.39 is 0 Å². The van der Waals surface area contributed by atoms with E-state index in [2.05, 4.69) is 19.9 Å². The molecular weight excluding hydrogens is 812 g/mol. The molecule has 6 aromatic heterocycles. The van der Waals surface area contributed by atoms with Crippen molar-refractivity contribution in [2.75, 3.05) is 0 Å². The van der Waals surface area contributed by atoms with Crippen molar-refractivity contribution in [3.05, 3.63) is 108 Å². The van der Waals surface area contributed by atoms with Crippen molar-refractivity contribution in [3.8, 4) is 22.7 Å². The maximum Gasteiger partial charge on any atom is 4.00 e. The van der Waals surface area contributed by atoms with E-state index in [9.17, 15) is 0 Å². The maximum absolute atomic E-state index is 5.50. The molecule has 8 nitrogen and oxygen atoms in total. The normalized spacial score (nSPS) is 10.3. The van der Waals surface area contributed by atoms with Gasteiger partial charge < -0.3 is 68.8 Å². The van der Waals surface area contributed by atoms with Crippen LogP contribution in [0.5, 0.6) is 0 Å². The molecule has 0 saturated heterocycles. The molecule has 0 fully saturated rings. The number of hydrogen-bond acceptors (Lipinski definition) is 10. The number of rotatable bonds is 4. The molecule has 0 aliphatic rings. The summed E-state index contributed by atoms with van der Waals surface area (Å²) in [4.78, 5) is 16.3. The van der Waals surface area contributed by atoms with Gasteiger partial charge in [0.15, 0.2) is 9.54 Å². The number of aromatic nitrogens is 8. The van der Waals surface area contributed by atoms with E-state index >= 15 is 0 Å². The zero-order chi connectivity index (χ0) is 28.2. The molecule has 0 N–H and O–H groups in total. The van der Waals surface area contributed by atoms with Crippen molar-refractivity contribution < 1.29 is 21.1 Å². The molecule has 0 saturated carbocycles. The monoisotopic (exact) mass is 827 g/mol. The molecule has 6 rings (SSSR count). The van der Waals surface area contributed by atoms with Gasteiger partial charge in [0.25, 0.3) is 0 Å². The first-order chi connectivity index (χ1) is 19.4. The minimum absolute atomic E-state index is 0. The summed E-state index contributed by atoms with van der Waals surface area (Å²) in [5.74, 6) is 0. The molecule has 0 spiro atoms. The molecule has 0 amide bonds. The van der Waals surface area contributed by atoms with E-state index in [0.29, 0.717) is 29.6 Å². The molecular formula is C26H16N8PtS6. The van der Waals surface area contributed by atoms with E-state index in [1.165, 1.54) is 0 Å². The zero-order valence-electron chi connectivity index (χ0n) is 20.6. The molecule has 0 atom stereocenters. The maximum atomic E-state index is 5.50. The first-order valence-electron chi connectivity index (χ1n) is 11.4. The predicted molar refractivity (Wildman–Crippen MR) is 166 cm³/mol. The molecule has 0 aromatic carbocycles. The van der Waals surface area contributed by atoms with Gasteiger partial charge in [-0.25, -0.2) is 0 Å². The zero-order valence-corrected chi connectivity index (χ0v) is 27.8. The average molecular weight is 828 g/mol. The van der Waals surface area contributed by atoms with Gasteiger partial charge in [0.2, 0.25) is 0 Å². The van der Waals surface area contributed by atoms with E-state index in [1.807, 2.05) is 48.5 Å². The SMILES string of the molecule is S=c1n(-c2cccnc2)c([S-])c([S-])n1-c1cccnc1.S=c1n(-c2cccnc2)c([S-])c([S-])n1-c1cccnc1.[Pt+4]. The van der Waals surface area contributed by atoms with Gasteiger partial charge in [-0.1, -0.05) is 0 Å². The molecule has 206 valence electrons. The van der Waals surface area contributed by atoms with Crippen LogP contribution in [0.4, 0.5) is 0 Å². The Balaban J connectivity index is 0.000000184. The van der Waals surface area contributed by atoms with Crippen molar-refractivity contribution in [2.24, 2.45) is 0 Å². The van der Waals surface area contributed by atoms with E-state index in [1.54, 1.807) is 67.8 Å². The van der Waals surface area contributed by atoms with E-state index in [4.69, 9.17) is 75.0 Å². The van der Waals surface area contributed by atoms with Crippen molar-refractivity contribution in [1.29, 1.82) is 0 Å². The molecule has 0 aliphatic carbocycles. The predicted octanol–water partition coefficient (Wildman–Crippen LogP) is 5.20. The van der Waals surface area contributed by atoms with Crippen LogP contribution in [0.25, 0.3) is 22.7 Å². The fraction of sp³-hybridized carbons (Fsp3) is 0. The van der Waals surface area contributed by atoms with Crippen LogP contribution in [0.3, 0.4) is 0 Å². The summed E-state index contributed by atoms with van der Waals surface area (Å²) >= 11 is 32.6. The molecule has 6 aromatic rings. The molecule has 41 heavy (non-hydrogen) atoms. The summed E-state index contributed by atoms with van der Waals surface area (Å²) in [6.45, 7) is 0. The van der Waals surface area contributed by atoms with Gasteiger partial charge in [0.05, 0.1) is 47.5 Å². The van der Waals surface area contributed by atoms with Crippen molar-refractivity contribution >= 4 is 75.0 Å². The summed E-state index contributed by atoms with van der Waals surface area (Å²) in [5, 5.41) is 2.01. The smallest absolute Gasteiger partial charge is 0.762 e. The van der Waals surface area contributed by atoms with Gasteiger partial charge in [-0.2, -0.15) is 0 Å². The Morgan fingerprint density at radius 3 is 0.829 bits per heavy atom. The van der Waals surface area contributed by atoms with Gasteiger partial charge >= 0.3 is 21.1 Å². The van der Waals surface area contributed by atoms with E-state index in [0.717, 1.165) is 22.7 Å². The van der Waals surface area contributed by atoms with Crippen molar-refractivity contribution in [2.45, 2.75) is 20.1 Å². The Labute approximate surface area is 282 Å². The van der Waals surface area contributed by atoms with Crippen LogP contribution in [0.2, 0.25) is 0 Å². The second-order valence-corrected chi connectivity index (χ2v) is 10.2. The van der Waals surface area contributed by atoms with Gasteiger partial charge in [0.1, 0.15) is 0 Å². The molecule has 15 heteroatoms. The first kappa shape index (κ1) is 31.0. The summed E-state index contributed by atoms with van der Waals surface area (Å²) < 4.78 is 8.00. The fourth-order valence-electron chi connectivity index (χ4n) is 3.78. The fourth-order valence-corrected chi connectivity index (χ4v) is 5.94. The molecule has 0 bridgehead atoms. The van der Waals surface area contributed by atoms with Crippen LogP contribution in [0.15, 0.2) is 118 Å². The summed E-state index contributed by atoms with van der Waals surface area (Å²) in [7, 11) is 0. The van der Waals surface area contributed by atoms with Gasteiger partial charge in [-0.15, -0.1) is 20.1 Å². The van der Waals surface area contributed by atoms with Crippen LogP contribution < -0.4 is 0 Å². The number of imidazole rings is 2. The molecule has 0 unspecified atom stereocenters. The third kappa shape index (κ3) is 6.28. The van der Waals surface area contributed by atoms with Crippen LogP contribution in [-0.4, -0.2) is 38.2 Å². The Bertz CT molecular complexity index is 1600. The van der Waals surface area contributed by atoms with Gasteiger partial charge in [0, 0.05) is 24.8 Å².